The van der Waals surface area contributed by atoms with E-state index >= 15 is 0 Å². The topological polar surface area (TPSA) is 36.0 Å². The molecule has 0 spiro atoms. The van der Waals surface area contributed by atoms with Crippen molar-refractivity contribution in [1.29, 1.82) is 0 Å². The molecule has 0 unspecified atom stereocenters. The summed E-state index contributed by atoms with van der Waals surface area (Å²) in [7, 11) is 8.35. The van der Waals surface area contributed by atoms with E-state index < -0.39 is 0 Å². The molecule has 0 saturated carbocycles. The summed E-state index contributed by atoms with van der Waals surface area (Å²) >= 11 is 4.72. The van der Waals surface area contributed by atoms with E-state index in [0.717, 1.165) is 26.2 Å². The first-order valence-corrected chi connectivity index (χ1v) is 12.8. The van der Waals surface area contributed by atoms with Crippen LogP contribution in [0.25, 0.3) is 0 Å². The molecule has 5 nitrogen and oxygen atoms in total. The quantitative estimate of drug-likeness (QED) is 0.281. The molecule has 0 heterocycles. The van der Waals surface area contributed by atoms with Gasteiger partial charge >= 0.3 is 35.1 Å². The number of carbonyl (C=O) groups is 1. The number of halogens is 1. The molecule has 0 aromatic heterocycles. The Morgan fingerprint density at radius 3 is 1.96 bits per heavy atom. The van der Waals surface area contributed by atoms with E-state index in [-0.39, 0.29) is 12.5 Å². The Hall–Kier alpha value is -0.198. The minimum absolute atomic E-state index is 0.0113. The average molecular weight is 556 g/mol. The molecule has 0 aliphatic heterocycles. The van der Waals surface area contributed by atoms with Gasteiger partial charge in [0.15, 0.2) is 6.61 Å². The molecule has 1 amide bonds. The molecule has 0 saturated heterocycles. The summed E-state index contributed by atoms with van der Waals surface area (Å²) in [5.74, 6) is 0.621. The Bertz CT molecular complexity index is 408. The van der Waals surface area contributed by atoms with Crippen molar-refractivity contribution in [3.8, 4) is 5.75 Å². The first-order valence-electron chi connectivity index (χ1n) is 8.19. The number of carbonyl (C=O) groups excluding carboxylic acids is 1. The van der Waals surface area contributed by atoms with Crippen molar-refractivity contribution in [2.24, 2.45) is 0 Å². The summed E-state index contributed by atoms with van der Waals surface area (Å²) in [5, 5.41) is 0. The van der Waals surface area contributed by atoms with Crippen molar-refractivity contribution in [3.05, 3.63) is 30.3 Å². The summed E-state index contributed by atoms with van der Waals surface area (Å²) in [6.45, 7) is 7.72. The van der Waals surface area contributed by atoms with Crippen LogP contribution in [0, 0.1) is 6.07 Å². The van der Waals surface area contributed by atoms with Gasteiger partial charge in [0.2, 0.25) is 0 Å². The van der Waals surface area contributed by atoms with Gasteiger partial charge < -0.3 is 19.4 Å². The van der Waals surface area contributed by atoms with Gasteiger partial charge in [-0.25, -0.2) is 0 Å². The van der Waals surface area contributed by atoms with Crippen LogP contribution in [0.5, 0.6) is 5.75 Å². The Labute approximate surface area is 175 Å². The standard InChI is InChI=1S/C12H16NO2.C6H16N2.HI.Pd/c1-3-13(4-2)12(14)10-15-11-8-6-5-7-9-11;1-7(2)5-6-8(3)4;;/h5-8H,3-4,10H2,1-2H3;5-6H2,1-4H3;1H;/q-1;;;+2/p-1. The van der Waals surface area contributed by atoms with E-state index in [1.165, 1.54) is 0 Å². The number of benzene rings is 1. The zero-order chi connectivity index (χ0) is 19.7. The zero-order valence-corrected chi connectivity index (χ0v) is 19.9. The van der Waals surface area contributed by atoms with E-state index in [1.807, 2.05) is 45.5 Å². The zero-order valence-electron chi connectivity index (χ0n) is 16.2. The number of likely N-dealkylation sites (N-methyl/N-ethyl adjacent to an activating group) is 3. The monoisotopic (exact) mass is 555 g/mol. The van der Waals surface area contributed by atoms with Crippen molar-refractivity contribution in [1.82, 2.24) is 14.7 Å². The SMILES string of the molecule is CCN(CC)C(=O)COc1[c-]cccc1.CN(C)CCN(C)C.[Pd+][I]. The summed E-state index contributed by atoms with van der Waals surface area (Å²) in [5.41, 5.74) is 0. The van der Waals surface area contributed by atoms with Crippen LogP contribution in [0.1, 0.15) is 13.8 Å². The number of hydrogen-bond acceptors (Lipinski definition) is 4. The van der Waals surface area contributed by atoms with E-state index in [0.29, 0.717) is 5.75 Å². The molecule has 1 rings (SSSR count). The molecule has 7 heteroatoms. The Kier molecular flexibility index (Phi) is 20.1. The molecule has 0 aliphatic rings. The van der Waals surface area contributed by atoms with E-state index in [9.17, 15) is 4.79 Å². The molecule has 0 N–H and O–H groups in total. The van der Waals surface area contributed by atoms with Gasteiger partial charge in [-0.1, -0.05) is 0 Å². The van der Waals surface area contributed by atoms with E-state index in [4.69, 9.17) is 4.74 Å². The number of nitrogens with zero attached hydrogens (tertiary/aromatic N) is 3. The molecule has 0 radical (unpaired) electrons. The maximum absolute atomic E-state index is 11.6. The number of amides is 1. The number of para-hydroxylation sites is 1. The second-order valence-electron chi connectivity index (χ2n) is 5.69. The number of rotatable bonds is 8. The van der Waals surface area contributed by atoms with Crippen molar-refractivity contribution in [2.75, 3.05) is 61.0 Å². The number of hydrogen-bond donors (Lipinski definition) is 0. The molecular weight excluding hydrogens is 524 g/mol. The third kappa shape index (κ3) is 17.0. The fourth-order valence-corrected chi connectivity index (χ4v) is 1.67. The molecule has 0 bridgehead atoms. The number of ether oxygens (including phenoxy) is 1. The predicted molar refractivity (Wildman–Crippen MR) is 110 cm³/mol. The van der Waals surface area contributed by atoms with Crippen molar-refractivity contribution < 1.29 is 25.1 Å². The first-order chi connectivity index (χ1) is 11.9. The third-order valence-corrected chi connectivity index (χ3v) is 3.14. The Morgan fingerprint density at radius 1 is 1.08 bits per heavy atom. The molecular formula is C18H32IN3O2Pd. The fraction of sp³-hybridized carbons (Fsp3) is 0.611. The molecule has 0 aliphatic carbocycles. The van der Waals surface area contributed by atoms with Crippen LogP contribution in [0.2, 0.25) is 0 Å². The minimum atomic E-state index is 0.0113. The Morgan fingerprint density at radius 2 is 1.60 bits per heavy atom. The van der Waals surface area contributed by atoms with Crippen LogP contribution in [0.15, 0.2) is 24.3 Å². The fourth-order valence-electron chi connectivity index (χ4n) is 1.67. The maximum atomic E-state index is 11.6. The average Bonchev–Trinajstić information content (AvgIpc) is 2.62. The van der Waals surface area contributed by atoms with Gasteiger partial charge in [-0.15, -0.1) is 12.1 Å². The van der Waals surface area contributed by atoms with Crippen LogP contribution in [0.3, 0.4) is 0 Å². The van der Waals surface area contributed by atoms with Crippen molar-refractivity contribution in [3.63, 3.8) is 0 Å². The molecule has 0 atom stereocenters. The van der Waals surface area contributed by atoms with Crippen LogP contribution < -0.4 is 4.74 Å². The van der Waals surface area contributed by atoms with Gasteiger partial charge in [0.05, 0.1) is 0 Å². The van der Waals surface area contributed by atoms with Gasteiger partial charge in [-0.3, -0.25) is 4.79 Å². The summed E-state index contributed by atoms with van der Waals surface area (Å²) in [4.78, 5) is 17.7. The normalized spacial score (nSPS) is 9.72. The second kappa shape index (κ2) is 18.6. The molecule has 148 valence electrons. The summed E-state index contributed by atoms with van der Waals surface area (Å²) < 4.78 is 5.31. The van der Waals surface area contributed by atoms with Gasteiger partial charge in [0.1, 0.15) is 0 Å². The predicted octanol–water partition coefficient (Wildman–Crippen LogP) is 2.73. The second-order valence-corrected chi connectivity index (χ2v) is 5.69. The van der Waals surface area contributed by atoms with Crippen molar-refractivity contribution >= 4 is 25.4 Å². The summed E-state index contributed by atoms with van der Waals surface area (Å²) in [6.07, 6.45) is 0. The Balaban J connectivity index is 0. The van der Waals surface area contributed by atoms with Crippen LogP contribution in [-0.2, 0) is 20.4 Å². The first kappa shape index (κ1) is 27.0. The van der Waals surface area contributed by atoms with Gasteiger partial charge in [-0.05, 0) is 42.0 Å². The van der Waals surface area contributed by atoms with E-state index in [1.54, 1.807) is 17.0 Å². The van der Waals surface area contributed by atoms with E-state index in [2.05, 4.69) is 59.6 Å². The van der Waals surface area contributed by atoms with Crippen molar-refractivity contribution in [2.45, 2.75) is 13.8 Å². The van der Waals surface area contributed by atoms with Gasteiger partial charge in [-0.2, -0.15) is 18.2 Å². The van der Waals surface area contributed by atoms with Gasteiger partial charge in [0.25, 0.3) is 5.91 Å². The van der Waals surface area contributed by atoms with Crippen LogP contribution in [0.4, 0.5) is 0 Å². The van der Waals surface area contributed by atoms with Crippen LogP contribution in [-0.4, -0.2) is 81.6 Å². The molecule has 0 fully saturated rings. The molecule has 25 heavy (non-hydrogen) atoms. The van der Waals surface area contributed by atoms with Crippen LogP contribution >= 0.6 is 19.5 Å². The van der Waals surface area contributed by atoms with Gasteiger partial charge in [0, 0.05) is 31.9 Å². The molecule has 1 aromatic rings. The molecule has 1 aromatic carbocycles. The third-order valence-electron chi connectivity index (χ3n) is 3.14. The summed E-state index contributed by atoms with van der Waals surface area (Å²) in [6, 6.07) is 10.2.